The molecule has 0 saturated heterocycles. The van der Waals surface area contributed by atoms with E-state index < -0.39 is 102 Å². The molecule has 3 aromatic carbocycles. The number of fused-ring (bicyclic) bond motifs is 3. The fourth-order valence-electron chi connectivity index (χ4n) is 10.0. The lowest BCUT2D eigenvalue weighted by Crippen LogP contribution is -2.63. The molecule has 24 heteroatoms. The molecule has 8 amide bonds. The van der Waals surface area contributed by atoms with E-state index in [-0.39, 0.29) is 70.5 Å². The van der Waals surface area contributed by atoms with Gasteiger partial charge in [-0.3, -0.25) is 38.6 Å². The number of hydrogen-bond donors (Lipinski definition) is 11. The van der Waals surface area contributed by atoms with Gasteiger partial charge >= 0.3 is 18.0 Å². The lowest BCUT2D eigenvalue weighted by molar-refractivity contribution is -0.154. The van der Waals surface area contributed by atoms with Crippen LogP contribution in [0.1, 0.15) is 92.5 Å². The number of amides is 8. The van der Waals surface area contributed by atoms with Gasteiger partial charge in [-0.05, 0) is 79.0 Å². The molecule has 1 aromatic heterocycles. The molecule has 0 aliphatic carbocycles. The monoisotopic (exact) mass is 1110 g/mol. The Balaban J connectivity index is 1.33. The number of aliphatic imine (C=N–C) groups is 1. The van der Waals surface area contributed by atoms with Gasteiger partial charge in [0, 0.05) is 70.1 Å². The number of carboxylic acids is 2. The van der Waals surface area contributed by atoms with Crippen molar-refractivity contribution in [3.05, 3.63) is 107 Å². The second-order valence-corrected chi connectivity index (χ2v) is 20.4. The van der Waals surface area contributed by atoms with E-state index in [1.54, 1.807) is 48.7 Å². The Labute approximate surface area is 464 Å². The highest BCUT2D eigenvalue weighted by molar-refractivity contribution is 5.99. The SMILES string of the molecule is CCCC[C@H](NC(=O)N(C)C)C(=O)N[C@@H](CC(=O)O)C(=O)N1Cc2ccccc2C[C@H]1C(=O)N1Cc2ccccc2C[C@@H]1C(=O)N[C@@H](CCCN=C(N)N)C(=O)N[C@@H](Cc1c[nH]c2ccccc12)C(=O)N[C@@H](CCCCN)C(=O)O. The molecule has 14 N–H and O–H groups in total. The largest absolute Gasteiger partial charge is 0.481 e. The van der Waals surface area contributed by atoms with Crippen LogP contribution in [0.3, 0.4) is 0 Å². The number of benzene rings is 3. The minimum atomic E-state index is -1.69. The Hall–Kier alpha value is -8.54. The third-order valence-corrected chi connectivity index (χ3v) is 14.4. The first-order valence-corrected chi connectivity index (χ1v) is 27.0. The number of aliphatic carboxylic acids is 2. The molecule has 24 nitrogen and oxygen atoms in total. The molecule has 3 heterocycles. The molecule has 0 unspecified atom stereocenters. The minimum absolute atomic E-state index is 0.0326. The van der Waals surface area contributed by atoms with Gasteiger partial charge in [0.25, 0.3) is 0 Å². The fourth-order valence-corrected chi connectivity index (χ4v) is 10.0. The van der Waals surface area contributed by atoms with E-state index in [4.69, 9.17) is 17.2 Å². The number of aromatic amines is 1. The molecular formula is C56H75N13O11. The van der Waals surface area contributed by atoms with E-state index in [1.807, 2.05) is 37.3 Å². The molecule has 0 spiro atoms. The molecule has 0 saturated carbocycles. The third-order valence-electron chi connectivity index (χ3n) is 14.4. The van der Waals surface area contributed by atoms with Gasteiger partial charge in [-0.25, -0.2) is 9.59 Å². The zero-order chi connectivity index (χ0) is 58.0. The highest BCUT2D eigenvalue weighted by atomic mass is 16.4. The van der Waals surface area contributed by atoms with E-state index in [2.05, 4.69) is 36.6 Å². The topological polar surface area (TPSA) is 370 Å². The molecule has 0 fully saturated rings. The Bertz CT molecular complexity index is 2910. The van der Waals surface area contributed by atoms with Crippen LogP contribution in [0.4, 0.5) is 4.79 Å². The maximum atomic E-state index is 15.5. The van der Waals surface area contributed by atoms with Crippen molar-refractivity contribution in [2.45, 2.75) is 139 Å². The van der Waals surface area contributed by atoms with Gasteiger partial charge in [0.2, 0.25) is 35.4 Å². The molecule has 80 heavy (non-hydrogen) atoms. The van der Waals surface area contributed by atoms with Crippen LogP contribution in [-0.2, 0) is 70.7 Å². The van der Waals surface area contributed by atoms with Crippen molar-refractivity contribution < 1.29 is 53.4 Å². The van der Waals surface area contributed by atoms with E-state index in [9.17, 15) is 43.8 Å². The van der Waals surface area contributed by atoms with Gasteiger partial charge in [0.05, 0.1) is 6.42 Å². The van der Waals surface area contributed by atoms with Crippen LogP contribution < -0.4 is 43.8 Å². The zero-order valence-corrected chi connectivity index (χ0v) is 45.5. The van der Waals surface area contributed by atoms with Crippen molar-refractivity contribution in [1.29, 1.82) is 0 Å². The molecule has 6 rings (SSSR count). The summed E-state index contributed by atoms with van der Waals surface area (Å²) < 4.78 is 0. The minimum Gasteiger partial charge on any atom is -0.481 e. The Morgan fingerprint density at radius 3 is 1.82 bits per heavy atom. The highest BCUT2D eigenvalue weighted by Gasteiger charge is 2.45. The van der Waals surface area contributed by atoms with E-state index in [1.165, 1.54) is 28.8 Å². The maximum Gasteiger partial charge on any atom is 0.326 e. The lowest BCUT2D eigenvalue weighted by Gasteiger charge is -2.43. The smallest absolute Gasteiger partial charge is 0.326 e. The van der Waals surface area contributed by atoms with Gasteiger partial charge in [-0.15, -0.1) is 0 Å². The van der Waals surface area contributed by atoms with E-state index in [0.717, 1.165) is 16.5 Å². The van der Waals surface area contributed by atoms with Crippen molar-refractivity contribution >= 4 is 70.3 Å². The lowest BCUT2D eigenvalue weighted by atomic mass is 9.89. The second-order valence-electron chi connectivity index (χ2n) is 20.4. The van der Waals surface area contributed by atoms with Crippen LogP contribution in [0.5, 0.6) is 0 Å². The summed E-state index contributed by atoms with van der Waals surface area (Å²) >= 11 is 0. The van der Waals surface area contributed by atoms with Gasteiger partial charge in [0.1, 0.15) is 42.3 Å². The summed E-state index contributed by atoms with van der Waals surface area (Å²) in [7, 11) is 2.99. The molecule has 430 valence electrons. The molecule has 0 radical (unpaired) electrons. The van der Waals surface area contributed by atoms with Crippen LogP contribution in [0.2, 0.25) is 0 Å². The maximum absolute atomic E-state index is 15.5. The summed E-state index contributed by atoms with van der Waals surface area (Å²) in [5.41, 5.74) is 21.1. The standard InChI is InChI=1S/C56H75N13O11/c1-4-5-20-41(66-56(80)67(2)3)49(73)65-44(29-47(70)71)52(76)69-32-36-18-9-7-16-34(36)28-46(69)53(77)68-31-35-17-8-6-15-33(35)27-45(68)51(75)62-40(23-14-25-60-55(58)59)48(72)64-43(26-37-30-61-39-21-11-10-19-38(37)39)50(74)63-42(54(78)79)22-12-13-24-57/h6-11,15-19,21,30,40-46,61H,4-5,12-14,20,22-29,31-32,57H2,1-3H3,(H,62,75)(H,63,74)(H,64,72)(H,65,73)(H,66,80)(H,70,71)(H,78,79)(H4,58,59,60)/t40-,41-,42-,43-,44-,45+,46-/m0/s1. The first-order valence-electron chi connectivity index (χ1n) is 27.0. The molecule has 2 aliphatic heterocycles. The molecule has 7 atom stereocenters. The summed E-state index contributed by atoms with van der Waals surface area (Å²) in [6.45, 7) is 1.98. The number of urea groups is 1. The number of aromatic nitrogens is 1. The average molecular weight is 1110 g/mol. The quantitative estimate of drug-likeness (QED) is 0.0227. The van der Waals surface area contributed by atoms with Crippen LogP contribution in [0.25, 0.3) is 10.9 Å². The number of para-hydroxylation sites is 1. The molecular weight excluding hydrogens is 1030 g/mol. The van der Waals surface area contributed by atoms with Crippen LogP contribution in [0.15, 0.2) is 84.0 Å². The number of nitrogens with zero attached hydrogens (tertiary/aromatic N) is 4. The number of hydrogen-bond acceptors (Lipinski definition) is 11. The van der Waals surface area contributed by atoms with Crippen molar-refractivity contribution in [3.63, 3.8) is 0 Å². The first-order chi connectivity index (χ1) is 38.3. The normalized spacial score (nSPS) is 16.5. The number of unbranched alkanes of at least 4 members (excludes halogenated alkanes) is 2. The summed E-state index contributed by atoms with van der Waals surface area (Å²) in [6.07, 6.45) is 3.13. The molecule has 2 aliphatic rings. The number of carbonyl (C=O) groups is 9. The van der Waals surface area contributed by atoms with Gasteiger partial charge in [0.15, 0.2) is 5.96 Å². The molecule has 0 bridgehead atoms. The van der Waals surface area contributed by atoms with Gasteiger partial charge < -0.3 is 73.7 Å². The van der Waals surface area contributed by atoms with Crippen LogP contribution in [-0.4, -0.2) is 159 Å². The van der Waals surface area contributed by atoms with E-state index >= 15 is 9.59 Å². The van der Waals surface area contributed by atoms with E-state index in [0.29, 0.717) is 54.5 Å². The number of carbonyl (C=O) groups excluding carboxylic acids is 7. The summed E-state index contributed by atoms with van der Waals surface area (Å²) in [5, 5.41) is 34.4. The number of carboxylic acid groups (broad SMARTS) is 2. The van der Waals surface area contributed by atoms with Crippen molar-refractivity contribution in [3.8, 4) is 0 Å². The van der Waals surface area contributed by atoms with Crippen molar-refractivity contribution in [1.82, 2.24) is 46.3 Å². The Kier molecular flexibility index (Phi) is 21.9. The van der Waals surface area contributed by atoms with Crippen molar-refractivity contribution in [2.75, 3.05) is 27.2 Å². The van der Waals surface area contributed by atoms with Crippen molar-refractivity contribution in [2.24, 2.45) is 22.2 Å². The van der Waals surface area contributed by atoms with Crippen LogP contribution in [0, 0.1) is 0 Å². The Morgan fingerprint density at radius 2 is 1.21 bits per heavy atom. The third kappa shape index (κ3) is 16.3. The Morgan fingerprint density at radius 1 is 0.662 bits per heavy atom. The van der Waals surface area contributed by atoms with Gasteiger partial charge in [-0.2, -0.15) is 0 Å². The number of nitrogens with two attached hydrogens (primary N) is 3. The van der Waals surface area contributed by atoms with Gasteiger partial charge in [-0.1, -0.05) is 86.5 Å². The summed E-state index contributed by atoms with van der Waals surface area (Å²) in [6, 6.07) is 11.5. The fraction of sp³-hybridized carbons (Fsp3) is 0.464. The highest BCUT2D eigenvalue weighted by Crippen LogP contribution is 2.31. The number of H-pyrrole nitrogens is 1. The average Bonchev–Trinajstić information content (AvgIpc) is 3.90. The first kappa shape index (κ1) is 60.7. The second kappa shape index (κ2) is 28.9. The number of nitrogens with one attached hydrogen (secondary N) is 6. The number of guanidine groups is 1. The van der Waals surface area contributed by atoms with Crippen LogP contribution >= 0.6 is 0 Å². The summed E-state index contributed by atoms with van der Waals surface area (Å²) in [4.78, 5) is 137. The predicted octanol–water partition coefficient (Wildman–Crippen LogP) is 1.13. The number of rotatable bonds is 27. The predicted molar refractivity (Wildman–Crippen MR) is 297 cm³/mol. The summed E-state index contributed by atoms with van der Waals surface area (Å²) in [5.74, 6) is -7.61. The molecule has 4 aromatic rings. The zero-order valence-electron chi connectivity index (χ0n) is 45.5.